The number of aryl methyl sites for hydroxylation is 1. The summed E-state index contributed by atoms with van der Waals surface area (Å²) in [5.74, 6) is -0.263. The van der Waals surface area contributed by atoms with Gasteiger partial charge < -0.3 is 20.5 Å². The molecule has 34 heavy (non-hydrogen) atoms. The number of carboxylic acids is 1. The van der Waals surface area contributed by atoms with E-state index in [1.165, 1.54) is 0 Å². The Labute approximate surface area is 203 Å². The van der Waals surface area contributed by atoms with Crippen LogP contribution in [0.2, 0.25) is 5.02 Å². The SMILES string of the molecule is CCc1cc(C#N)cc2c(NCc3ccc(OC)c(Cl)c3)c(C[C@@]3(C(=O)O)CCCN3)cnc12. The fourth-order valence-corrected chi connectivity index (χ4v) is 4.93. The quantitative estimate of drug-likeness (QED) is 0.431. The lowest BCUT2D eigenvalue weighted by molar-refractivity contribution is -0.144. The predicted molar refractivity (Wildman–Crippen MR) is 132 cm³/mol. The molecule has 2 aromatic carbocycles. The number of nitriles is 1. The third-order valence-electron chi connectivity index (χ3n) is 6.47. The molecule has 7 nitrogen and oxygen atoms in total. The molecule has 1 aliphatic rings. The first-order chi connectivity index (χ1) is 16.4. The molecule has 176 valence electrons. The molecular weight excluding hydrogens is 452 g/mol. The van der Waals surface area contributed by atoms with E-state index in [0.29, 0.717) is 35.8 Å². The van der Waals surface area contributed by atoms with Crippen LogP contribution in [-0.4, -0.2) is 35.3 Å². The number of aliphatic carboxylic acids is 1. The van der Waals surface area contributed by atoms with E-state index < -0.39 is 11.5 Å². The number of halogens is 1. The molecule has 1 fully saturated rings. The highest BCUT2D eigenvalue weighted by Gasteiger charge is 2.41. The molecule has 1 aliphatic heterocycles. The van der Waals surface area contributed by atoms with Crippen LogP contribution >= 0.6 is 11.6 Å². The largest absolute Gasteiger partial charge is 0.495 e. The van der Waals surface area contributed by atoms with Crippen molar-refractivity contribution in [2.45, 2.75) is 44.7 Å². The lowest BCUT2D eigenvalue weighted by Gasteiger charge is -2.26. The van der Waals surface area contributed by atoms with E-state index in [1.54, 1.807) is 13.3 Å². The molecule has 0 aliphatic carbocycles. The van der Waals surface area contributed by atoms with Crippen LogP contribution < -0.4 is 15.4 Å². The highest BCUT2D eigenvalue weighted by atomic mass is 35.5. The van der Waals surface area contributed by atoms with E-state index in [-0.39, 0.29) is 6.42 Å². The molecule has 0 amide bonds. The van der Waals surface area contributed by atoms with E-state index in [9.17, 15) is 15.2 Å². The van der Waals surface area contributed by atoms with Crippen molar-refractivity contribution in [2.75, 3.05) is 19.0 Å². The van der Waals surface area contributed by atoms with Gasteiger partial charge in [0.25, 0.3) is 0 Å². The highest BCUT2D eigenvalue weighted by molar-refractivity contribution is 6.32. The molecule has 3 N–H and O–H groups in total. The van der Waals surface area contributed by atoms with E-state index in [4.69, 9.17) is 21.3 Å². The van der Waals surface area contributed by atoms with Gasteiger partial charge in [0.15, 0.2) is 0 Å². The van der Waals surface area contributed by atoms with Gasteiger partial charge >= 0.3 is 5.97 Å². The van der Waals surface area contributed by atoms with Crippen molar-refractivity contribution in [3.05, 3.63) is 63.8 Å². The Hall–Kier alpha value is -3.34. The van der Waals surface area contributed by atoms with Crippen molar-refractivity contribution in [1.29, 1.82) is 5.26 Å². The van der Waals surface area contributed by atoms with Gasteiger partial charge in [-0.1, -0.05) is 24.6 Å². The van der Waals surface area contributed by atoms with Crippen LogP contribution in [-0.2, 0) is 24.2 Å². The standard InChI is InChI=1S/C26H27ClN4O3/c1-3-18-9-17(13-28)10-20-23(18)30-15-19(12-26(25(32)33)7-4-8-31-26)24(20)29-14-16-5-6-22(34-2)21(27)11-16/h5-6,9-11,15,31H,3-4,7-8,12,14H2,1-2H3,(H,29,30)(H,32,33)/t26-/m1/s1. The van der Waals surface area contributed by atoms with Crippen LogP contribution in [0.15, 0.2) is 36.5 Å². The van der Waals surface area contributed by atoms with Gasteiger partial charge in [0.2, 0.25) is 0 Å². The number of carboxylic acid groups (broad SMARTS) is 1. The number of benzene rings is 2. The summed E-state index contributed by atoms with van der Waals surface area (Å²) in [5.41, 5.74) is 3.83. The number of anilines is 1. The third kappa shape index (κ3) is 4.52. The van der Waals surface area contributed by atoms with Gasteiger partial charge in [-0.25, -0.2) is 0 Å². The number of nitrogens with zero attached hydrogens (tertiary/aromatic N) is 2. The zero-order valence-corrected chi connectivity index (χ0v) is 20.0. The Kier molecular flexibility index (Phi) is 6.92. The second-order valence-electron chi connectivity index (χ2n) is 8.57. The van der Waals surface area contributed by atoms with Crippen molar-refractivity contribution in [3.8, 4) is 11.8 Å². The number of aromatic nitrogens is 1. The fraction of sp³-hybridized carbons (Fsp3) is 0.346. The molecule has 4 rings (SSSR count). The summed E-state index contributed by atoms with van der Waals surface area (Å²) in [6.07, 6.45) is 4.13. The summed E-state index contributed by atoms with van der Waals surface area (Å²) >= 11 is 6.31. The minimum atomic E-state index is -1.03. The Morgan fingerprint density at radius 1 is 1.35 bits per heavy atom. The van der Waals surface area contributed by atoms with Crippen molar-refractivity contribution in [2.24, 2.45) is 0 Å². The highest BCUT2D eigenvalue weighted by Crippen LogP contribution is 2.35. The molecule has 1 aromatic heterocycles. The van der Waals surface area contributed by atoms with Crippen molar-refractivity contribution in [3.63, 3.8) is 0 Å². The maximum atomic E-state index is 12.2. The van der Waals surface area contributed by atoms with E-state index in [2.05, 4.69) is 16.7 Å². The number of hydrogen-bond acceptors (Lipinski definition) is 6. The van der Waals surface area contributed by atoms with E-state index in [1.807, 2.05) is 37.3 Å². The lowest BCUT2D eigenvalue weighted by Crippen LogP contribution is -2.49. The summed E-state index contributed by atoms with van der Waals surface area (Å²) in [6, 6.07) is 11.5. The zero-order chi connectivity index (χ0) is 24.3. The third-order valence-corrected chi connectivity index (χ3v) is 6.76. The van der Waals surface area contributed by atoms with Gasteiger partial charge in [0.05, 0.1) is 29.3 Å². The number of hydrogen-bond donors (Lipinski definition) is 3. The maximum absolute atomic E-state index is 12.2. The van der Waals surface area contributed by atoms with Gasteiger partial charge in [-0.15, -0.1) is 0 Å². The molecule has 3 aromatic rings. The van der Waals surface area contributed by atoms with E-state index in [0.717, 1.165) is 46.1 Å². The molecule has 2 heterocycles. The average Bonchev–Trinajstić information content (AvgIpc) is 3.32. The first-order valence-electron chi connectivity index (χ1n) is 11.3. The molecule has 1 saturated heterocycles. The normalized spacial score (nSPS) is 17.5. The maximum Gasteiger partial charge on any atom is 0.324 e. The Balaban J connectivity index is 1.81. The molecule has 8 heteroatoms. The second kappa shape index (κ2) is 9.88. The van der Waals surface area contributed by atoms with Crippen molar-refractivity contribution >= 4 is 34.2 Å². The van der Waals surface area contributed by atoms with Gasteiger partial charge in [-0.3, -0.25) is 9.78 Å². The van der Waals surface area contributed by atoms with Crippen LogP contribution in [0.4, 0.5) is 5.69 Å². The Morgan fingerprint density at radius 3 is 2.79 bits per heavy atom. The van der Waals surface area contributed by atoms with Gasteiger partial charge in [-0.05, 0) is 66.8 Å². The monoisotopic (exact) mass is 478 g/mol. The summed E-state index contributed by atoms with van der Waals surface area (Å²) < 4.78 is 5.24. The van der Waals surface area contributed by atoms with Gasteiger partial charge in [0, 0.05) is 30.2 Å². The topological polar surface area (TPSA) is 107 Å². The van der Waals surface area contributed by atoms with Gasteiger partial charge in [0.1, 0.15) is 11.3 Å². The smallest absolute Gasteiger partial charge is 0.324 e. The number of methoxy groups -OCH3 is 1. The average molecular weight is 479 g/mol. The summed E-state index contributed by atoms with van der Waals surface area (Å²) in [7, 11) is 1.57. The lowest BCUT2D eigenvalue weighted by atomic mass is 9.88. The molecule has 0 unspecified atom stereocenters. The molecular formula is C26H27ClN4O3. The molecule has 0 bridgehead atoms. The fourth-order valence-electron chi connectivity index (χ4n) is 4.65. The summed E-state index contributed by atoms with van der Waals surface area (Å²) in [5, 5.41) is 27.6. The molecule has 1 atom stereocenters. The number of ether oxygens (including phenoxy) is 1. The van der Waals surface area contributed by atoms with Crippen LogP contribution in [0.5, 0.6) is 5.75 Å². The van der Waals surface area contributed by atoms with Crippen LogP contribution in [0.25, 0.3) is 10.9 Å². The molecule has 0 spiro atoms. The summed E-state index contributed by atoms with van der Waals surface area (Å²) in [4.78, 5) is 16.9. The zero-order valence-electron chi connectivity index (χ0n) is 19.2. The first-order valence-corrected chi connectivity index (χ1v) is 11.7. The number of pyridine rings is 1. The number of carbonyl (C=O) groups is 1. The van der Waals surface area contributed by atoms with E-state index >= 15 is 0 Å². The Morgan fingerprint density at radius 2 is 2.18 bits per heavy atom. The number of rotatable bonds is 8. The van der Waals surface area contributed by atoms with Crippen LogP contribution in [0, 0.1) is 11.3 Å². The summed E-state index contributed by atoms with van der Waals surface area (Å²) in [6.45, 7) is 3.15. The van der Waals surface area contributed by atoms with Crippen molar-refractivity contribution in [1.82, 2.24) is 10.3 Å². The predicted octanol–water partition coefficient (Wildman–Crippen LogP) is 4.69. The Bertz CT molecular complexity index is 1280. The second-order valence-corrected chi connectivity index (χ2v) is 8.98. The minimum Gasteiger partial charge on any atom is -0.495 e. The van der Waals surface area contributed by atoms with Crippen LogP contribution in [0.3, 0.4) is 0 Å². The molecule has 0 radical (unpaired) electrons. The van der Waals surface area contributed by atoms with Crippen LogP contribution in [0.1, 0.15) is 42.0 Å². The van der Waals surface area contributed by atoms with Gasteiger partial charge in [-0.2, -0.15) is 5.26 Å². The molecule has 0 saturated carbocycles. The number of nitrogens with one attached hydrogen (secondary N) is 2. The first kappa shape index (κ1) is 23.8. The van der Waals surface area contributed by atoms with Crippen molar-refractivity contribution < 1.29 is 14.6 Å². The number of fused-ring (bicyclic) bond motifs is 1. The minimum absolute atomic E-state index is 0.287.